The zero-order chi connectivity index (χ0) is 7.56. The van der Waals surface area contributed by atoms with Crippen LogP contribution in [0.3, 0.4) is 0 Å². The average molecular weight is 282 g/mol. The number of hydrogen-bond donors (Lipinski definition) is 1. The molecule has 2 N–H and O–H groups in total. The smallest absolute Gasteiger partial charge is 0.105 e. The van der Waals surface area contributed by atoms with Crippen LogP contribution in [0.1, 0.15) is 5.56 Å². The summed E-state index contributed by atoms with van der Waals surface area (Å²) < 4.78 is 0. The number of hydrogen-bond acceptors (Lipinski definition) is 4. The summed E-state index contributed by atoms with van der Waals surface area (Å²) in [5.41, 5.74) is 6.12. The molecule has 5 heteroatoms. The molecule has 0 aliphatic rings. The summed E-state index contributed by atoms with van der Waals surface area (Å²) in [4.78, 5) is 0.964. The number of nitrogens with zero attached hydrogens (tertiary/aromatic N) is 1. The zero-order valence-corrected chi connectivity index (χ0v) is 8.59. The van der Waals surface area contributed by atoms with Crippen molar-refractivity contribution >= 4 is 46.5 Å². The first-order chi connectivity index (χ1) is 4.79. The molecule has 0 aromatic carbocycles. The third kappa shape index (κ3) is 1.38. The van der Waals surface area contributed by atoms with Gasteiger partial charge < -0.3 is 5.73 Å². The van der Waals surface area contributed by atoms with Gasteiger partial charge in [0.25, 0.3) is 0 Å². The lowest BCUT2D eigenvalue weighted by molar-refractivity contribution is 1.44. The molecule has 1 aromatic heterocycles. The normalized spacial score (nSPS) is 9.20. The molecule has 0 saturated heterocycles. The Labute approximate surface area is 79.0 Å². The molecule has 1 heterocycles. The third-order valence-electron chi connectivity index (χ3n) is 0.981. The van der Waals surface area contributed by atoms with Crippen LogP contribution in [0.15, 0.2) is 10.3 Å². The zero-order valence-electron chi connectivity index (χ0n) is 4.80. The molecule has 0 aliphatic carbocycles. The van der Waals surface area contributed by atoms with Crippen LogP contribution < -0.4 is 5.73 Å². The second-order valence-electron chi connectivity index (χ2n) is 1.53. The predicted octanol–water partition coefficient (Wildman–Crippen LogP) is 2.64. The van der Waals surface area contributed by atoms with Gasteiger partial charge in [0.15, 0.2) is 0 Å². The fourth-order valence-electron chi connectivity index (χ4n) is 0.523. The number of nitriles is 1. The highest BCUT2D eigenvalue weighted by atomic mass is 127. The topological polar surface area (TPSA) is 49.8 Å². The number of nitrogens with two attached hydrogens (primary N) is 1. The van der Waals surface area contributed by atoms with Crippen molar-refractivity contribution < 1.29 is 0 Å². The van der Waals surface area contributed by atoms with Gasteiger partial charge in [0, 0.05) is 31.5 Å². The van der Waals surface area contributed by atoms with E-state index >= 15 is 0 Å². The first kappa shape index (κ1) is 8.17. The van der Waals surface area contributed by atoms with Crippen LogP contribution in [-0.2, 0) is 0 Å². The third-order valence-corrected chi connectivity index (χ3v) is 3.85. The molecule has 52 valence electrons. The van der Waals surface area contributed by atoms with Crippen molar-refractivity contribution in [1.29, 1.82) is 5.26 Å². The van der Waals surface area contributed by atoms with Crippen LogP contribution in [0.5, 0.6) is 0 Å². The molecular formula is C5H3IN2S2. The van der Waals surface area contributed by atoms with E-state index in [2.05, 4.69) is 27.3 Å². The molecule has 0 spiro atoms. The lowest BCUT2D eigenvalue weighted by Gasteiger charge is -1.86. The maximum atomic E-state index is 8.58. The van der Waals surface area contributed by atoms with Gasteiger partial charge in [0.1, 0.15) is 16.6 Å². The molecular weight excluding hydrogens is 279 g/mol. The Morgan fingerprint density at radius 1 is 1.80 bits per heavy atom. The van der Waals surface area contributed by atoms with Crippen molar-refractivity contribution in [1.82, 2.24) is 0 Å². The van der Waals surface area contributed by atoms with Gasteiger partial charge in [0.05, 0.1) is 0 Å². The van der Waals surface area contributed by atoms with E-state index in [9.17, 15) is 0 Å². The fourth-order valence-corrected chi connectivity index (χ4v) is 3.33. The first-order valence-electron chi connectivity index (χ1n) is 2.35. The molecule has 0 bridgehead atoms. The molecule has 0 fully saturated rings. The van der Waals surface area contributed by atoms with Gasteiger partial charge in [-0.3, -0.25) is 0 Å². The molecule has 0 amide bonds. The second-order valence-corrected chi connectivity index (χ2v) is 4.35. The van der Waals surface area contributed by atoms with Crippen LogP contribution in [-0.4, -0.2) is 0 Å². The SMILES string of the molecule is N#Cc1c(SI)csc1N. The predicted molar refractivity (Wildman–Crippen MR) is 53.3 cm³/mol. The van der Waals surface area contributed by atoms with E-state index in [0.717, 1.165) is 4.90 Å². The highest BCUT2D eigenvalue weighted by Gasteiger charge is 2.06. The molecule has 0 aliphatic heterocycles. The molecule has 1 rings (SSSR count). The summed E-state index contributed by atoms with van der Waals surface area (Å²) in [5, 5.41) is 11.1. The van der Waals surface area contributed by atoms with Crippen LogP contribution in [0.25, 0.3) is 0 Å². The molecule has 0 saturated carbocycles. The monoisotopic (exact) mass is 282 g/mol. The van der Waals surface area contributed by atoms with Crippen molar-refractivity contribution in [2.75, 3.05) is 5.73 Å². The summed E-state index contributed by atoms with van der Waals surface area (Å²) in [7, 11) is 1.52. The summed E-state index contributed by atoms with van der Waals surface area (Å²) in [6, 6.07) is 2.05. The van der Waals surface area contributed by atoms with E-state index in [4.69, 9.17) is 11.0 Å². The van der Waals surface area contributed by atoms with Crippen molar-refractivity contribution in [3.8, 4) is 6.07 Å². The molecule has 0 unspecified atom stereocenters. The molecule has 1 aromatic rings. The van der Waals surface area contributed by atoms with Gasteiger partial charge in [-0.1, -0.05) is 8.93 Å². The van der Waals surface area contributed by atoms with E-state index in [1.807, 2.05) is 5.38 Å². The lowest BCUT2D eigenvalue weighted by Crippen LogP contribution is -1.82. The van der Waals surface area contributed by atoms with Crippen LogP contribution in [0, 0.1) is 11.3 Å². The minimum Gasteiger partial charge on any atom is -0.389 e. The van der Waals surface area contributed by atoms with Crippen molar-refractivity contribution in [3.05, 3.63) is 10.9 Å². The van der Waals surface area contributed by atoms with Gasteiger partial charge >= 0.3 is 0 Å². The number of rotatable bonds is 1. The minimum absolute atomic E-state index is 0.613. The minimum atomic E-state index is 0.613. The number of anilines is 1. The van der Waals surface area contributed by atoms with Crippen molar-refractivity contribution in [2.24, 2.45) is 0 Å². The Morgan fingerprint density at radius 3 is 2.90 bits per heavy atom. The summed E-state index contributed by atoms with van der Waals surface area (Å²) in [6.07, 6.45) is 0. The number of halogens is 1. The largest absolute Gasteiger partial charge is 0.389 e. The van der Waals surface area contributed by atoms with Gasteiger partial charge in [-0.15, -0.1) is 11.3 Å². The maximum Gasteiger partial charge on any atom is 0.105 e. The Balaban J connectivity index is 3.17. The van der Waals surface area contributed by atoms with E-state index in [0.29, 0.717) is 10.6 Å². The quantitative estimate of drug-likeness (QED) is 0.805. The van der Waals surface area contributed by atoms with Crippen molar-refractivity contribution in [2.45, 2.75) is 4.90 Å². The van der Waals surface area contributed by atoms with E-state index in [1.54, 1.807) is 0 Å². The molecule has 0 atom stereocenters. The van der Waals surface area contributed by atoms with Gasteiger partial charge in [-0.25, -0.2) is 0 Å². The maximum absolute atomic E-state index is 8.58. The highest BCUT2D eigenvalue weighted by molar-refractivity contribution is 14.2. The van der Waals surface area contributed by atoms with Gasteiger partial charge in [-0.2, -0.15) is 5.26 Å². The van der Waals surface area contributed by atoms with Gasteiger partial charge in [0.2, 0.25) is 0 Å². The average Bonchev–Trinajstić information content (AvgIpc) is 2.30. The lowest BCUT2D eigenvalue weighted by atomic mass is 10.3. The number of nitrogen functional groups attached to an aromatic ring is 1. The molecule has 10 heavy (non-hydrogen) atoms. The number of thiophene rings is 1. The van der Waals surface area contributed by atoms with E-state index in [1.165, 1.54) is 20.3 Å². The van der Waals surface area contributed by atoms with Crippen LogP contribution in [0.2, 0.25) is 0 Å². The Bertz CT molecular complexity index is 276. The van der Waals surface area contributed by atoms with Crippen molar-refractivity contribution in [3.63, 3.8) is 0 Å². The fraction of sp³-hybridized carbons (Fsp3) is 0. The van der Waals surface area contributed by atoms with Crippen LogP contribution in [0.4, 0.5) is 5.00 Å². The van der Waals surface area contributed by atoms with Crippen LogP contribution >= 0.6 is 41.5 Å². The van der Waals surface area contributed by atoms with Gasteiger partial charge in [-0.05, 0) is 0 Å². The Hall–Kier alpha value is 0.0700. The second kappa shape index (κ2) is 3.46. The first-order valence-corrected chi connectivity index (χ1v) is 6.59. The molecule has 2 nitrogen and oxygen atoms in total. The Kier molecular flexibility index (Phi) is 2.82. The highest BCUT2D eigenvalue weighted by Crippen LogP contribution is 2.35. The standard InChI is InChI=1S/C5H3IN2S2/c6-10-4-2-9-5(8)3(4)1-7/h2H,8H2. The van der Waals surface area contributed by atoms with E-state index < -0.39 is 0 Å². The summed E-state index contributed by atoms with van der Waals surface area (Å²) in [6.45, 7) is 0. The Morgan fingerprint density at radius 2 is 2.50 bits per heavy atom. The summed E-state index contributed by atoms with van der Waals surface area (Å²) in [5.74, 6) is 0. The summed E-state index contributed by atoms with van der Waals surface area (Å²) >= 11 is 3.54. The van der Waals surface area contributed by atoms with E-state index in [-0.39, 0.29) is 0 Å². The molecule has 0 radical (unpaired) electrons.